The second-order valence-corrected chi connectivity index (χ2v) is 3.97. The summed E-state index contributed by atoms with van der Waals surface area (Å²) >= 11 is 3.20. The maximum Gasteiger partial charge on any atom is 0.328 e. The lowest BCUT2D eigenvalue weighted by atomic mass is 10.2. The second kappa shape index (κ2) is 6.34. The van der Waals surface area contributed by atoms with Crippen LogP contribution in [-0.2, 0) is 4.79 Å². The van der Waals surface area contributed by atoms with Crippen LogP contribution in [0, 0.1) is 0 Å². The van der Waals surface area contributed by atoms with Crippen LogP contribution in [0.15, 0.2) is 28.7 Å². The molecule has 0 saturated carbocycles. The number of carboxylic acids is 1. The molecule has 0 saturated heterocycles. The molecule has 0 amide bonds. The van der Waals surface area contributed by atoms with E-state index in [9.17, 15) is 13.6 Å². The second-order valence-electron chi connectivity index (χ2n) is 3.06. The van der Waals surface area contributed by atoms with Gasteiger partial charge in [0, 0.05) is 16.1 Å². The molecule has 17 heavy (non-hydrogen) atoms. The van der Waals surface area contributed by atoms with E-state index in [1.807, 2.05) is 0 Å². The van der Waals surface area contributed by atoms with Crippen molar-refractivity contribution in [3.8, 4) is 5.75 Å². The molecule has 1 aromatic carbocycles. The smallest absolute Gasteiger partial charge is 0.328 e. The predicted octanol–water partition coefficient (Wildman–Crippen LogP) is 3.19. The molecule has 0 radical (unpaired) electrons. The lowest BCUT2D eigenvalue weighted by molar-refractivity contribution is -0.131. The number of hydrogen-bond donors (Lipinski definition) is 1. The molecule has 92 valence electrons. The average molecular weight is 307 g/mol. The lowest BCUT2D eigenvalue weighted by Crippen LogP contribution is -2.07. The molecule has 1 N–H and O–H groups in total. The van der Waals surface area contributed by atoms with Crippen molar-refractivity contribution >= 4 is 28.0 Å². The van der Waals surface area contributed by atoms with Crippen molar-refractivity contribution in [1.29, 1.82) is 0 Å². The molecule has 0 spiro atoms. The van der Waals surface area contributed by atoms with Gasteiger partial charge in [0.25, 0.3) is 6.43 Å². The van der Waals surface area contributed by atoms with Gasteiger partial charge < -0.3 is 9.84 Å². The third-order valence-electron chi connectivity index (χ3n) is 1.74. The molecule has 1 aromatic rings. The molecular formula is C11H9BrF2O3. The minimum absolute atomic E-state index is 0.214. The summed E-state index contributed by atoms with van der Waals surface area (Å²) in [5.41, 5.74) is 0.419. The zero-order chi connectivity index (χ0) is 12.8. The maximum atomic E-state index is 12.0. The Kier molecular flexibility index (Phi) is 5.09. The minimum atomic E-state index is -2.57. The van der Waals surface area contributed by atoms with Crippen LogP contribution >= 0.6 is 15.9 Å². The van der Waals surface area contributed by atoms with Crippen molar-refractivity contribution < 1.29 is 23.4 Å². The van der Waals surface area contributed by atoms with Crippen LogP contribution in [0.2, 0.25) is 0 Å². The number of ether oxygens (including phenoxy) is 1. The van der Waals surface area contributed by atoms with Crippen LogP contribution in [-0.4, -0.2) is 24.1 Å². The van der Waals surface area contributed by atoms with Gasteiger partial charge in [0.2, 0.25) is 0 Å². The first kappa shape index (κ1) is 13.6. The number of aliphatic carboxylic acids is 1. The molecule has 1 rings (SSSR count). The summed E-state index contributed by atoms with van der Waals surface area (Å²) in [6.45, 7) is -0.727. The first-order chi connectivity index (χ1) is 7.99. The van der Waals surface area contributed by atoms with Crippen LogP contribution in [0.25, 0.3) is 6.08 Å². The highest BCUT2D eigenvalue weighted by molar-refractivity contribution is 9.10. The molecule has 0 heterocycles. The van der Waals surface area contributed by atoms with Crippen LogP contribution < -0.4 is 4.74 Å². The van der Waals surface area contributed by atoms with E-state index >= 15 is 0 Å². The molecule has 6 heteroatoms. The summed E-state index contributed by atoms with van der Waals surface area (Å²) in [5, 5.41) is 8.49. The Hall–Kier alpha value is -1.43. The van der Waals surface area contributed by atoms with Crippen molar-refractivity contribution in [2.24, 2.45) is 0 Å². The molecule has 0 aromatic heterocycles. The molecule has 0 fully saturated rings. The number of carbonyl (C=O) groups is 1. The van der Waals surface area contributed by atoms with E-state index in [4.69, 9.17) is 9.84 Å². The van der Waals surface area contributed by atoms with E-state index in [2.05, 4.69) is 15.9 Å². The Balaban J connectivity index is 2.91. The van der Waals surface area contributed by atoms with E-state index in [0.717, 1.165) is 6.08 Å². The SMILES string of the molecule is O=C(O)/C=C/c1cc(Br)ccc1OCC(F)F. The summed E-state index contributed by atoms with van der Waals surface area (Å²) in [6, 6.07) is 4.70. The quantitative estimate of drug-likeness (QED) is 0.850. The molecule has 0 atom stereocenters. The summed E-state index contributed by atoms with van der Waals surface area (Å²) in [4.78, 5) is 10.4. The van der Waals surface area contributed by atoms with Crippen LogP contribution in [0.1, 0.15) is 5.56 Å². The Labute approximate surface area is 105 Å². The highest BCUT2D eigenvalue weighted by Gasteiger charge is 2.07. The summed E-state index contributed by atoms with van der Waals surface area (Å²) in [6.07, 6.45) is -0.375. The fourth-order valence-corrected chi connectivity index (χ4v) is 1.47. The first-order valence-electron chi connectivity index (χ1n) is 4.60. The first-order valence-corrected chi connectivity index (χ1v) is 5.40. The normalized spacial score (nSPS) is 11.1. The lowest BCUT2D eigenvalue weighted by Gasteiger charge is -2.08. The van der Waals surface area contributed by atoms with Crippen LogP contribution in [0.3, 0.4) is 0 Å². The zero-order valence-electron chi connectivity index (χ0n) is 8.57. The molecule has 0 unspecified atom stereocenters. The molecule has 0 aliphatic carbocycles. The standard InChI is InChI=1S/C11H9BrF2O3/c12-8-2-3-9(17-6-10(13)14)7(5-8)1-4-11(15)16/h1-5,10H,6H2,(H,15,16)/b4-1+. The number of halogens is 3. The van der Waals surface area contributed by atoms with Gasteiger partial charge in [-0.2, -0.15) is 0 Å². The van der Waals surface area contributed by atoms with Gasteiger partial charge in [0.05, 0.1) is 0 Å². The topological polar surface area (TPSA) is 46.5 Å². The molecule has 0 aliphatic heterocycles. The Morgan fingerprint density at radius 2 is 2.24 bits per heavy atom. The summed E-state index contributed by atoms with van der Waals surface area (Å²) in [5.74, 6) is -0.907. The molecule has 3 nitrogen and oxygen atoms in total. The van der Waals surface area contributed by atoms with Gasteiger partial charge in [-0.25, -0.2) is 13.6 Å². The summed E-state index contributed by atoms with van der Waals surface area (Å²) < 4.78 is 29.6. The van der Waals surface area contributed by atoms with Gasteiger partial charge in [0.15, 0.2) is 0 Å². The van der Waals surface area contributed by atoms with Gasteiger partial charge >= 0.3 is 5.97 Å². The molecule has 0 bridgehead atoms. The van der Waals surface area contributed by atoms with Gasteiger partial charge in [-0.1, -0.05) is 15.9 Å². The Morgan fingerprint density at radius 3 is 2.82 bits per heavy atom. The maximum absolute atomic E-state index is 12.0. The van der Waals surface area contributed by atoms with Gasteiger partial charge in [0.1, 0.15) is 12.4 Å². The highest BCUT2D eigenvalue weighted by atomic mass is 79.9. The minimum Gasteiger partial charge on any atom is -0.487 e. The predicted molar refractivity (Wildman–Crippen MR) is 62.3 cm³/mol. The van der Waals surface area contributed by atoms with Crippen molar-refractivity contribution in [1.82, 2.24) is 0 Å². The van der Waals surface area contributed by atoms with Crippen molar-refractivity contribution in [2.75, 3.05) is 6.61 Å². The van der Waals surface area contributed by atoms with Crippen LogP contribution in [0.4, 0.5) is 8.78 Å². The number of hydrogen-bond acceptors (Lipinski definition) is 2. The van der Waals surface area contributed by atoms with E-state index in [0.29, 0.717) is 10.0 Å². The van der Waals surface area contributed by atoms with E-state index in [1.54, 1.807) is 12.1 Å². The van der Waals surface area contributed by atoms with Crippen molar-refractivity contribution in [3.05, 3.63) is 34.3 Å². The molecular weight excluding hydrogens is 298 g/mol. The molecule has 0 aliphatic rings. The third kappa shape index (κ3) is 4.95. The fourth-order valence-electron chi connectivity index (χ4n) is 1.09. The van der Waals surface area contributed by atoms with Gasteiger partial charge in [-0.15, -0.1) is 0 Å². The zero-order valence-corrected chi connectivity index (χ0v) is 10.2. The van der Waals surface area contributed by atoms with Crippen molar-refractivity contribution in [3.63, 3.8) is 0 Å². The monoisotopic (exact) mass is 306 g/mol. The van der Waals surface area contributed by atoms with Crippen LogP contribution in [0.5, 0.6) is 5.75 Å². The highest BCUT2D eigenvalue weighted by Crippen LogP contribution is 2.24. The number of benzene rings is 1. The third-order valence-corrected chi connectivity index (χ3v) is 2.24. The Morgan fingerprint density at radius 1 is 1.53 bits per heavy atom. The van der Waals surface area contributed by atoms with Gasteiger partial charge in [-0.3, -0.25) is 0 Å². The summed E-state index contributed by atoms with van der Waals surface area (Å²) in [7, 11) is 0. The Bertz CT molecular complexity index is 433. The van der Waals surface area contributed by atoms with Gasteiger partial charge in [-0.05, 0) is 24.3 Å². The van der Waals surface area contributed by atoms with Crippen molar-refractivity contribution in [2.45, 2.75) is 6.43 Å². The van der Waals surface area contributed by atoms with E-state index in [-0.39, 0.29) is 5.75 Å². The number of alkyl halides is 2. The number of carboxylic acid groups (broad SMARTS) is 1. The number of rotatable bonds is 5. The fraction of sp³-hybridized carbons (Fsp3) is 0.182. The largest absolute Gasteiger partial charge is 0.487 e. The van der Waals surface area contributed by atoms with E-state index in [1.165, 1.54) is 12.1 Å². The average Bonchev–Trinajstić information content (AvgIpc) is 2.24. The van der Waals surface area contributed by atoms with E-state index < -0.39 is 19.0 Å².